The lowest BCUT2D eigenvalue weighted by molar-refractivity contribution is 0.288. The quantitative estimate of drug-likeness (QED) is 0.788. The van der Waals surface area contributed by atoms with Gasteiger partial charge in [0.2, 0.25) is 0 Å². The molecule has 0 saturated heterocycles. The number of aryl methyl sites for hydroxylation is 1. The summed E-state index contributed by atoms with van der Waals surface area (Å²) in [7, 11) is 0. The molecule has 1 aromatic carbocycles. The zero-order chi connectivity index (χ0) is 11.9. The van der Waals surface area contributed by atoms with Gasteiger partial charge in [0.25, 0.3) is 0 Å². The Balaban J connectivity index is 1.64. The Morgan fingerprint density at radius 1 is 1.18 bits per heavy atom. The van der Waals surface area contributed by atoms with E-state index in [1.165, 1.54) is 37.7 Å². The molecular formula is C15H23NO. The third kappa shape index (κ3) is 4.04. The molecule has 0 aliphatic heterocycles. The van der Waals surface area contributed by atoms with Crippen LogP contribution in [0.1, 0.15) is 37.7 Å². The monoisotopic (exact) mass is 233 g/mol. The van der Waals surface area contributed by atoms with E-state index in [0.29, 0.717) is 0 Å². The summed E-state index contributed by atoms with van der Waals surface area (Å²) in [6.07, 6.45) is 6.86. The van der Waals surface area contributed by atoms with Crippen molar-refractivity contribution in [2.24, 2.45) is 0 Å². The zero-order valence-corrected chi connectivity index (χ0v) is 10.7. The van der Waals surface area contributed by atoms with E-state index in [2.05, 4.69) is 18.3 Å². The van der Waals surface area contributed by atoms with Crippen LogP contribution in [0.3, 0.4) is 0 Å². The summed E-state index contributed by atoms with van der Waals surface area (Å²) in [5.41, 5.74) is 1.21. The molecule has 94 valence electrons. The van der Waals surface area contributed by atoms with E-state index in [1.807, 2.05) is 18.2 Å². The lowest BCUT2D eigenvalue weighted by atomic mass is 9.96. The normalized spacial score (nSPS) is 17.0. The third-order valence-corrected chi connectivity index (χ3v) is 3.49. The van der Waals surface area contributed by atoms with Crippen LogP contribution >= 0.6 is 0 Å². The Kier molecular flexibility index (Phi) is 4.87. The minimum Gasteiger partial charge on any atom is -0.492 e. The predicted molar refractivity (Wildman–Crippen MR) is 71.5 cm³/mol. The molecule has 0 unspecified atom stereocenters. The molecule has 0 aromatic heterocycles. The van der Waals surface area contributed by atoms with E-state index in [4.69, 9.17) is 4.74 Å². The zero-order valence-electron chi connectivity index (χ0n) is 10.7. The summed E-state index contributed by atoms with van der Waals surface area (Å²) in [6.45, 7) is 3.81. The van der Waals surface area contributed by atoms with Crippen LogP contribution in [0.4, 0.5) is 0 Å². The van der Waals surface area contributed by atoms with Crippen LogP contribution in [0.2, 0.25) is 0 Å². The van der Waals surface area contributed by atoms with E-state index in [1.54, 1.807) is 0 Å². The first-order chi connectivity index (χ1) is 8.36. The average Bonchev–Trinajstić information content (AvgIpc) is 2.38. The van der Waals surface area contributed by atoms with Gasteiger partial charge < -0.3 is 10.1 Å². The molecule has 2 nitrogen and oxygen atoms in total. The molecule has 1 N–H and O–H groups in total. The predicted octanol–water partition coefficient (Wildman–Crippen LogP) is 3.30. The fourth-order valence-corrected chi connectivity index (χ4v) is 2.45. The van der Waals surface area contributed by atoms with E-state index in [9.17, 15) is 0 Å². The van der Waals surface area contributed by atoms with Crippen molar-refractivity contribution in [2.75, 3.05) is 13.2 Å². The minimum absolute atomic E-state index is 0.726. The molecular weight excluding hydrogens is 210 g/mol. The SMILES string of the molecule is Cc1ccccc1OCCNC1CCCCC1. The van der Waals surface area contributed by atoms with Gasteiger partial charge in [-0.25, -0.2) is 0 Å². The van der Waals surface area contributed by atoms with Crippen LogP contribution in [0.15, 0.2) is 24.3 Å². The highest BCUT2D eigenvalue weighted by molar-refractivity contribution is 5.31. The van der Waals surface area contributed by atoms with Crippen LogP contribution < -0.4 is 10.1 Å². The van der Waals surface area contributed by atoms with Crippen LogP contribution in [0.5, 0.6) is 5.75 Å². The maximum Gasteiger partial charge on any atom is 0.122 e. The summed E-state index contributed by atoms with van der Waals surface area (Å²) in [5, 5.41) is 3.59. The topological polar surface area (TPSA) is 21.3 Å². The largest absolute Gasteiger partial charge is 0.492 e. The van der Waals surface area contributed by atoms with Crippen molar-refractivity contribution in [1.29, 1.82) is 0 Å². The lowest BCUT2D eigenvalue weighted by Gasteiger charge is -2.22. The van der Waals surface area contributed by atoms with Gasteiger partial charge in [-0.05, 0) is 31.4 Å². The van der Waals surface area contributed by atoms with Crippen molar-refractivity contribution in [3.05, 3.63) is 29.8 Å². The highest BCUT2D eigenvalue weighted by Gasteiger charge is 2.11. The first-order valence-electron chi connectivity index (χ1n) is 6.78. The van der Waals surface area contributed by atoms with Crippen molar-refractivity contribution in [2.45, 2.75) is 45.1 Å². The van der Waals surface area contributed by atoms with Gasteiger partial charge in [-0.1, -0.05) is 37.5 Å². The van der Waals surface area contributed by atoms with Crippen LogP contribution in [0.25, 0.3) is 0 Å². The highest BCUT2D eigenvalue weighted by atomic mass is 16.5. The fraction of sp³-hybridized carbons (Fsp3) is 0.600. The molecule has 0 heterocycles. The molecule has 2 heteroatoms. The van der Waals surface area contributed by atoms with E-state index in [0.717, 1.165) is 24.9 Å². The molecule has 0 bridgehead atoms. The molecule has 0 amide bonds. The van der Waals surface area contributed by atoms with Gasteiger partial charge in [0.05, 0.1) is 0 Å². The lowest BCUT2D eigenvalue weighted by Crippen LogP contribution is -2.34. The van der Waals surface area contributed by atoms with Crippen molar-refractivity contribution in [3.8, 4) is 5.75 Å². The van der Waals surface area contributed by atoms with Crippen molar-refractivity contribution >= 4 is 0 Å². The number of nitrogens with one attached hydrogen (secondary N) is 1. The van der Waals surface area contributed by atoms with Crippen LogP contribution in [0, 0.1) is 6.92 Å². The standard InChI is InChI=1S/C15H23NO/c1-13-7-5-6-10-15(13)17-12-11-16-14-8-3-2-4-9-14/h5-7,10,14,16H,2-4,8-9,11-12H2,1H3. The molecule has 1 aromatic rings. The van der Waals surface area contributed by atoms with Crippen molar-refractivity contribution < 1.29 is 4.74 Å². The Labute approximate surface area is 104 Å². The second kappa shape index (κ2) is 6.65. The highest BCUT2D eigenvalue weighted by Crippen LogP contribution is 2.18. The molecule has 1 fully saturated rings. The first-order valence-corrected chi connectivity index (χ1v) is 6.78. The van der Waals surface area contributed by atoms with Gasteiger partial charge in [-0.15, -0.1) is 0 Å². The molecule has 17 heavy (non-hydrogen) atoms. The fourth-order valence-electron chi connectivity index (χ4n) is 2.45. The molecule has 1 aliphatic carbocycles. The minimum atomic E-state index is 0.726. The smallest absolute Gasteiger partial charge is 0.122 e. The van der Waals surface area contributed by atoms with Gasteiger partial charge in [0, 0.05) is 12.6 Å². The number of rotatable bonds is 5. The summed E-state index contributed by atoms with van der Waals surface area (Å²) < 4.78 is 5.77. The number of para-hydroxylation sites is 1. The first kappa shape index (κ1) is 12.4. The summed E-state index contributed by atoms with van der Waals surface area (Å²) in [5.74, 6) is 1.01. The van der Waals surface area contributed by atoms with Gasteiger partial charge in [0.1, 0.15) is 12.4 Å². The van der Waals surface area contributed by atoms with Gasteiger partial charge in [0.15, 0.2) is 0 Å². The Morgan fingerprint density at radius 2 is 1.94 bits per heavy atom. The maximum atomic E-state index is 5.77. The second-order valence-electron chi connectivity index (χ2n) is 4.90. The number of hydrogen-bond donors (Lipinski definition) is 1. The molecule has 0 radical (unpaired) electrons. The number of hydrogen-bond acceptors (Lipinski definition) is 2. The van der Waals surface area contributed by atoms with Crippen LogP contribution in [-0.4, -0.2) is 19.2 Å². The van der Waals surface area contributed by atoms with E-state index < -0.39 is 0 Å². The average molecular weight is 233 g/mol. The number of ether oxygens (including phenoxy) is 1. The summed E-state index contributed by atoms with van der Waals surface area (Å²) in [4.78, 5) is 0. The summed E-state index contributed by atoms with van der Waals surface area (Å²) in [6, 6.07) is 8.92. The summed E-state index contributed by atoms with van der Waals surface area (Å²) >= 11 is 0. The van der Waals surface area contributed by atoms with Crippen LogP contribution in [-0.2, 0) is 0 Å². The molecule has 0 spiro atoms. The molecule has 2 rings (SSSR count). The second-order valence-corrected chi connectivity index (χ2v) is 4.90. The van der Waals surface area contributed by atoms with Gasteiger partial charge in [-0.2, -0.15) is 0 Å². The molecule has 1 saturated carbocycles. The van der Waals surface area contributed by atoms with Gasteiger partial charge in [-0.3, -0.25) is 0 Å². The Morgan fingerprint density at radius 3 is 2.71 bits per heavy atom. The molecule has 1 aliphatic rings. The Bertz CT molecular complexity index is 331. The third-order valence-electron chi connectivity index (χ3n) is 3.49. The maximum absolute atomic E-state index is 5.77. The van der Waals surface area contributed by atoms with E-state index in [-0.39, 0.29) is 0 Å². The van der Waals surface area contributed by atoms with Crippen molar-refractivity contribution in [3.63, 3.8) is 0 Å². The Hall–Kier alpha value is -1.02. The van der Waals surface area contributed by atoms with E-state index >= 15 is 0 Å². The number of benzene rings is 1. The van der Waals surface area contributed by atoms with Crippen molar-refractivity contribution in [1.82, 2.24) is 5.32 Å². The van der Waals surface area contributed by atoms with Gasteiger partial charge >= 0.3 is 0 Å². The molecule has 0 atom stereocenters.